The Morgan fingerprint density at radius 1 is 1.11 bits per heavy atom. The van der Waals surface area contributed by atoms with Crippen LogP contribution in [-0.2, 0) is 31.5 Å². The third-order valence-corrected chi connectivity index (χ3v) is 6.73. The molecule has 3 aromatic rings. The van der Waals surface area contributed by atoms with Gasteiger partial charge < -0.3 is 19.5 Å². The fourth-order valence-electron chi connectivity index (χ4n) is 4.59. The summed E-state index contributed by atoms with van der Waals surface area (Å²) < 4.78 is 19.0. The maximum Gasteiger partial charge on any atom is 0.269 e. The van der Waals surface area contributed by atoms with Gasteiger partial charge in [-0.15, -0.1) is 0 Å². The SMILES string of the molecule is COc1c(CNC(=O)c2cc(C3CC3)nn2C)cccc1OCc1cccc(CN2CCOCC2)c1. The molecule has 0 spiro atoms. The van der Waals surface area contributed by atoms with Crippen LogP contribution < -0.4 is 14.8 Å². The lowest BCUT2D eigenvalue weighted by Crippen LogP contribution is -2.35. The maximum absolute atomic E-state index is 12.8. The summed E-state index contributed by atoms with van der Waals surface area (Å²) in [7, 11) is 3.44. The first kappa shape index (κ1) is 24.3. The number of hydrogen-bond donors (Lipinski definition) is 1. The van der Waals surface area contributed by atoms with E-state index >= 15 is 0 Å². The number of aryl methyl sites for hydroxylation is 1. The maximum atomic E-state index is 12.8. The number of nitrogens with one attached hydrogen (secondary N) is 1. The molecule has 1 aliphatic heterocycles. The fraction of sp³-hybridized carbons (Fsp3) is 0.429. The van der Waals surface area contributed by atoms with E-state index in [-0.39, 0.29) is 5.91 Å². The molecular weight excluding hydrogens is 456 g/mol. The number of rotatable bonds is 10. The normalized spacial score (nSPS) is 16.1. The molecule has 1 saturated heterocycles. The molecule has 8 nitrogen and oxygen atoms in total. The molecular formula is C28H34N4O4. The van der Waals surface area contributed by atoms with E-state index in [0.29, 0.717) is 36.3 Å². The number of aromatic nitrogens is 2. The standard InChI is InChI=1S/C28H34N4O4/c1-31-25(16-24(30-31)22-9-10-22)28(33)29-17-23-7-4-8-26(27(23)34-2)36-19-21-6-3-5-20(15-21)18-32-11-13-35-14-12-32/h3-8,15-16,22H,9-14,17-19H2,1-2H3,(H,29,33). The molecule has 2 heterocycles. The quantitative estimate of drug-likeness (QED) is 0.468. The van der Waals surface area contributed by atoms with E-state index < -0.39 is 0 Å². The minimum Gasteiger partial charge on any atom is -0.493 e. The minimum absolute atomic E-state index is 0.151. The molecule has 2 aliphatic rings. The van der Waals surface area contributed by atoms with Crippen molar-refractivity contribution in [3.05, 3.63) is 76.6 Å². The Bertz CT molecular complexity index is 1200. The molecule has 2 aromatic carbocycles. The van der Waals surface area contributed by atoms with Crippen LogP contribution in [-0.4, -0.2) is 54.0 Å². The summed E-state index contributed by atoms with van der Waals surface area (Å²) in [6.45, 7) is 5.19. The molecule has 0 unspecified atom stereocenters. The topological polar surface area (TPSA) is 77.8 Å². The van der Waals surface area contributed by atoms with Gasteiger partial charge in [0.25, 0.3) is 5.91 Å². The van der Waals surface area contributed by atoms with Crippen molar-refractivity contribution < 1.29 is 19.0 Å². The van der Waals surface area contributed by atoms with Crippen LogP contribution in [0.2, 0.25) is 0 Å². The van der Waals surface area contributed by atoms with Gasteiger partial charge in [-0.3, -0.25) is 14.4 Å². The van der Waals surface area contributed by atoms with Crippen LogP contribution >= 0.6 is 0 Å². The highest BCUT2D eigenvalue weighted by atomic mass is 16.5. The summed E-state index contributed by atoms with van der Waals surface area (Å²) in [4.78, 5) is 15.2. The van der Waals surface area contributed by atoms with Gasteiger partial charge in [0, 0.05) is 44.7 Å². The van der Waals surface area contributed by atoms with Gasteiger partial charge in [-0.2, -0.15) is 5.10 Å². The fourth-order valence-corrected chi connectivity index (χ4v) is 4.59. The minimum atomic E-state index is -0.151. The number of carbonyl (C=O) groups is 1. The Hall–Kier alpha value is -3.36. The molecule has 1 N–H and O–H groups in total. The third-order valence-electron chi connectivity index (χ3n) is 6.73. The number of carbonyl (C=O) groups excluding carboxylic acids is 1. The number of para-hydroxylation sites is 1. The zero-order valence-corrected chi connectivity index (χ0v) is 21.0. The molecule has 1 aromatic heterocycles. The van der Waals surface area contributed by atoms with E-state index in [1.165, 1.54) is 5.56 Å². The highest BCUT2D eigenvalue weighted by Crippen LogP contribution is 2.39. The molecule has 0 radical (unpaired) electrons. The number of amides is 1. The lowest BCUT2D eigenvalue weighted by molar-refractivity contribution is 0.0342. The first-order valence-electron chi connectivity index (χ1n) is 12.6. The summed E-state index contributed by atoms with van der Waals surface area (Å²) in [6, 6.07) is 16.1. The molecule has 8 heteroatoms. The second-order valence-electron chi connectivity index (χ2n) is 9.48. The van der Waals surface area contributed by atoms with Crippen molar-refractivity contribution in [2.75, 3.05) is 33.4 Å². The Morgan fingerprint density at radius 2 is 1.89 bits per heavy atom. The van der Waals surface area contributed by atoms with Gasteiger partial charge in [0.05, 0.1) is 26.0 Å². The van der Waals surface area contributed by atoms with Crippen molar-refractivity contribution in [3.63, 3.8) is 0 Å². The van der Waals surface area contributed by atoms with Crippen LogP contribution in [0.25, 0.3) is 0 Å². The molecule has 5 rings (SSSR count). The van der Waals surface area contributed by atoms with Gasteiger partial charge in [0.15, 0.2) is 11.5 Å². The first-order valence-corrected chi connectivity index (χ1v) is 12.6. The number of hydrogen-bond acceptors (Lipinski definition) is 6. The van der Waals surface area contributed by atoms with Crippen molar-refractivity contribution in [1.82, 2.24) is 20.0 Å². The van der Waals surface area contributed by atoms with Gasteiger partial charge >= 0.3 is 0 Å². The number of methoxy groups -OCH3 is 1. The van der Waals surface area contributed by atoms with Crippen molar-refractivity contribution in [2.24, 2.45) is 7.05 Å². The summed E-state index contributed by atoms with van der Waals surface area (Å²) in [5.74, 6) is 1.64. The van der Waals surface area contributed by atoms with E-state index in [1.54, 1.807) is 11.8 Å². The average Bonchev–Trinajstić information content (AvgIpc) is 3.68. The Balaban J connectivity index is 1.21. The molecule has 2 fully saturated rings. The van der Waals surface area contributed by atoms with Crippen LogP contribution in [0.5, 0.6) is 11.5 Å². The molecule has 1 aliphatic carbocycles. The van der Waals surface area contributed by atoms with E-state index in [0.717, 1.165) is 62.5 Å². The summed E-state index contributed by atoms with van der Waals surface area (Å²) in [6.07, 6.45) is 2.31. The van der Waals surface area contributed by atoms with Gasteiger partial charge in [0.2, 0.25) is 0 Å². The number of morpholine rings is 1. The zero-order chi connectivity index (χ0) is 24.9. The van der Waals surface area contributed by atoms with E-state index in [9.17, 15) is 4.79 Å². The molecule has 0 atom stereocenters. The smallest absolute Gasteiger partial charge is 0.269 e. The van der Waals surface area contributed by atoms with E-state index in [4.69, 9.17) is 14.2 Å². The lowest BCUT2D eigenvalue weighted by Gasteiger charge is -2.26. The molecule has 1 saturated carbocycles. The second-order valence-corrected chi connectivity index (χ2v) is 9.48. The molecule has 36 heavy (non-hydrogen) atoms. The largest absolute Gasteiger partial charge is 0.493 e. The van der Waals surface area contributed by atoms with Gasteiger partial charge in [-0.05, 0) is 36.1 Å². The molecule has 1 amide bonds. The monoisotopic (exact) mass is 490 g/mol. The number of nitrogens with zero attached hydrogens (tertiary/aromatic N) is 3. The average molecular weight is 491 g/mol. The van der Waals surface area contributed by atoms with Crippen molar-refractivity contribution in [2.45, 2.75) is 38.5 Å². The van der Waals surface area contributed by atoms with Gasteiger partial charge in [-0.1, -0.05) is 36.4 Å². The number of ether oxygens (including phenoxy) is 3. The Kier molecular flexibility index (Phi) is 7.53. The predicted octanol–water partition coefficient (Wildman–Crippen LogP) is 3.65. The van der Waals surface area contributed by atoms with E-state index in [1.807, 2.05) is 31.3 Å². The van der Waals surface area contributed by atoms with Crippen LogP contribution in [0.3, 0.4) is 0 Å². The number of benzene rings is 2. The highest BCUT2D eigenvalue weighted by Gasteiger charge is 2.28. The lowest BCUT2D eigenvalue weighted by atomic mass is 10.1. The predicted molar refractivity (Wildman–Crippen MR) is 136 cm³/mol. The molecule has 0 bridgehead atoms. The second kappa shape index (κ2) is 11.1. The summed E-state index contributed by atoms with van der Waals surface area (Å²) >= 11 is 0. The third kappa shape index (κ3) is 5.88. The Morgan fingerprint density at radius 3 is 2.67 bits per heavy atom. The Labute approximate surface area is 212 Å². The van der Waals surface area contributed by atoms with Gasteiger partial charge in [-0.25, -0.2) is 0 Å². The first-order chi connectivity index (χ1) is 17.6. The van der Waals surface area contributed by atoms with Crippen LogP contribution in [0.4, 0.5) is 0 Å². The van der Waals surface area contributed by atoms with Crippen LogP contribution in [0.1, 0.15) is 51.6 Å². The summed E-state index contributed by atoms with van der Waals surface area (Å²) in [5, 5.41) is 7.49. The van der Waals surface area contributed by atoms with E-state index in [2.05, 4.69) is 39.6 Å². The van der Waals surface area contributed by atoms with Crippen LogP contribution in [0.15, 0.2) is 48.5 Å². The van der Waals surface area contributed by atoms with Crippen molar-refractivity contribution >= 4 is 5.91 Å². The highest BCUT2D eigenvalue weighted by molar-refractivity contribution is 5.92. The van der Waals surface area contributed by atoms with Crippen LogP contribution in [0, 0.1) is 0 Å². The van der Waals surface area contributed by atoms with Crippen molar-refractivity contribution in [3.8, 4) is 11.5 Å². The van der Waals surface area contributed by atoms with Crippen molar-refractivity contribution in [1.29, 1.82) is 0 Å². The van der Waals surface area contributed by atoms with Gasteiger partial charge in [0.1, 0.15) is 12.3 Å². The summed E-state index contributed by atoms with van der Waals surface area (Å²) in [5.41, 5.74) is 4.80. The molecule has 190 valence electrons. The zero-order valence-electron chi connectivity index (χ0n) is 21.0.